The maximum Gasteiger partial charge on any atom is 0.312 e. The fourth-order valence-corrected chi connectivity index (χ4v) is 3.34. The molecule has 3 rings (SSSR count). The molecule has 1 aromatic rings. The maximum atomic E-state index is 14.3. The van der Waals surface area contributed by atoms with Crippen LogP contribution in [0.15, 0.2) is 18.2 Å². The third-order valence-electron chi connectivity index (χ3n) is 4.64. The van der Waals surface area contributed by atoms with Gasteiger partial charge in [-0.1, -0.05) is 12.1 Å². The standard InChI is InChI=1S/C16H19FO4/c1-20-12-4-2-3-11(13(12)17)9-16(15(18)19)7-8-21-14(16)10-5-6-10/h2-4,10,14H,5-9H2,1H3,(H,18,19). The van der Waals surface area contributed by atoms with Gasteiger partial charge in [0.15, 0.2) is 11.6 Å². The van der Waals surface area contributed by atoms with Gasteiger partial charge in [0.25, 0.3) is 0 Å². The molecule has 2 atom stereocenters. The molecule has 0 bridgehead atoms. The summed E-state index contributed by atoms with van der Waals surface area (Å²) in [6, 6.07) is 4.86. The van der Waals surface area contributed by atoms with Gasteiger partial charge in [-0.15, -0.1) is 0 Å². The van der Waals surface area contributed by atoms with Gasteiger partial charge >= 0.3 is 5.97 Å². The molecule has 1 N–H and O–H groups in total. The highest BCUT2D eigenvalue weighted by Crippen LogP contribution is 2.50. The normalized spacial score (nSPS) is 28.6. The van der Waals surface area contributed by atoms with Crippen LogP contribution in [0.2, 0.25) is 0 Å². The van der Waals surface area contributed by atoms with Crippen LogP contribution < -0.4 is 4.74 Å². The Morgan fingerprint density at radius 1 is 1.52 bits per heavy atom. The van der Waals surface area contributed by atoms with Gasteiger partial charge < -0.3 is 14.6 Å². The van der Waals surface area contributed by atoms with Gasteiger partial charge in [-0.3, -0.25) is 4.79 Å². The molecular weight excluding hydrogens is 275 g/mol. The van der Waals surface area contributed by atoms with Crippen LogP contribution in [-0.4, -0.2) is 30.9 Å². The number of hydrogen-bond donors (Lipinski definition) is 1. The van der Waals surface area contributed by atoms with Gasteiger partial charge in [-0.25, -0.2) is 4.39 Å². The fraction of sp³-hybridized carbons (Fsp3) is 0.562. The summed E-state index contributed by atoms with van der Waals surface area (Å²) in [5.74, 6) is -0.909. The summed E-state index contributed by atoms with van der Waals surface area (Å²) < 4.78 is 25.0. The van der Waals surface area contributed by atoms with Crippen molar-refractivity contribution in [1.82, 2.24) is 0 Å². The van der Waals surface area contributed by atoms with Crippen LogP contribution in [0.1, 0.15) is 24.8 Å². The number of hydrogen-bond acceptors (Lipinski definition) is 3. The monoisotopic (exact) mass is 294 g/mol. The largest absolute Gasteiger partial charge is 0.494 e. The SMILES string of the molecule is COc1cccc(CC2(C(=O)O)CCOC2C2CC2)c1F. The Morgan fingerprint density at radius 3 is 2.90 bits per heavy atom. The zero-order valence-corrected chi connectivity index (χ0v) is 12.0. The van der Waals surface area contributed by atoms with Crippen molar-refractivity contribution in [3.63, 3.8) is 0 Å². The second-order valence-electron chi connectivity index (χ2n) is 5.95. The second-order valence-corrected chi connectivity index (χ2v) is 5.95. The minimum Gasteiger partial charge on any atom is -0.494 e. The zero-order valence-electron chi connectivity index (χ0n) is 12.0. The molecule has 0 radical (unpaired) electrons. The molecule has 4 nitrogen and oxygen atoms in total. The van der Waals surface area contributed by atoms with Crippen LogP contribution in [0.4, 0.5) is 4.39 Å². The highest BCUT2D eigenvalue weighted by Gasteiger charge is 2.56. The van der Waals surface area contributed by atoms with Gasteiger partial charge in [0.2, 0.25) is 0 Å². The van der Waals surface area contributed by atoms with Gasteiger partial charge in [-0.05, 0) is 43.2 Å². The van der Waals surface area contributed by atoms with Crippen LogP contribution >= 0.6 is 0 Å². The Hall–Kier alpha value is -1.62. The molecule has 1 saturated heterocycles. The molecule has 1 saturated carbocycles. The molecule has 114 valence electrons. The Kier molecular flexibility index (Phi) is 3.61. The van der Waals surface area contributed by atoms with Crippen molar-refractivity contribution >= 4 is 5.97 Å². The Labute approximate surface area is 122 Å². The lowest BCUT2D eigenvalue weighted by Crippen LogP contribution is -2.42. The predicted molar refractivity (Wildman–Crippen MR) is 73.8 cm³/mol. The van der Waals surface area contributed by atoms with Crippen LogP contribution in [0.25, 0.3) is 0 Å². The van der Waals surface area contributed by atoms with E-state index in [-0.39, 0.29) is 18.3 Å². The number of benzene rings is 1. The average molecular weight is 294 g/mol. The number of ether oxygens (including phenoxy) is 2. The van der Waals surface area contributed by atoms with Crippen molar-refractivity contribution in [3.8, 4) is 5.75 Å². The van der Waals surface area contributed by atoms with E-state index in [1.54, 1.807) is 12.1 Å². The third-order valence-corrected chi connectivity index (χ3v) is 4.64. The number of aliphatic carboxylic acids is 1. The Morgan fingerprint density at radius 2 is 2.29 bits per heavy atom. The zero-order chi connectivity index (χ0) is 15.0. The van der Waals surface area contributed by atoms with E-state index in [1.165, 1.54) is 13.2 Å². The smallest absolute Gasteiger partial charge is 0.312 e. The van der Waals surface area contributed by atoms with Crippen molar-refractivity contribution in [1.29, 1.82) is 0 Å². The molecule has 1 heterocycles. The minimum atomic E-state index is -1.02. The lowest BCUT2D eigenvalue weighted by Gasteiger charge is -2.30. The van der Waals surface area contributed by atoms with Crippen molar-refractivity contribution in [3.05, 3.63) is 29.6 Å². The lowest BCUT2D eigenvalue weighted by molar-refractivity contribution is -0.153. The molecule has 0 spiro atoms. The number of halogens is 1. The maximum absolute atomic E-state index is 14.3. The topological polar surface area (TPSA) is 55.8 Å². The fourth-order valence-electron chi connectivity index (χ4n) is 3.34. The van der Waals surface area contributed by atoms with E-state index in [2.05, 4.69) is 0 Å². The first kappa shape index (κ1) is 14.3. The summed E-state index contributed by atoms with van der Waals surface area (Å²) in [5, 5.41) is 9.76. The molecule has 1 aliphatic carbocycles. The molecule has 2 fully saturated rings. The number of carboxylic acids is 1. The number of methoxy groups -OCH3 is 1. The first-order valence-electron chi connectivity index (χ1n) is 7.25. The van der Waals surface area contributed by atoms with E-state index in [4.69, 9.17) is 9.47 Å². The highest BCUT2D eigenvalue weighted by atomic mass is 19.1. The third kappa shape index (κ3) is 2.39. The van der Waals surface area contributed by atoms with E-state index in [0.29, 0.717) is 24.5 Å². The minimum absolute atomic E-state index is 0.145. The Balaban J connectivity index is 1.94. The number of carbonyl (C=O) groups is 1. The summed E-state index contributed by atoms with van der Waals surface area (Å²) in [4.78, 5) is 11.9. The molecule has 5 heteroatoms. The van der Waals surface area contributed by atoms with Gasteiger partial charge in [0, 0.05) is 6.61 Å². The van der Waals surface area contributed by atoms with Crippen molar-refractivity contribution in [2.75, 3.05) is 13.7 Å². The molecular formula is C16H19FO4. The van der Waals surface area contributed by atoms with E-state index in [0.717, 1.165) is 12.8 Å². The van der Waals surface area contributed by atoms with Gasteiger partial charge in [0.1, 0.15) is 5.41 Å². The van der Waals surface area contributed by atoms with Crippen LogP contribution in [0.3, 0.4) is 0 Å². The van der Waals surface area contributed by atoms with Crippen LogP contribution in [0, 0.1) is 17.2 Å². The second kappa shape index (κ2) is 5.30. The van der Waals surface area contributed by atoms with Crippen molar-refractivity contribution in [2.45, 2.75) is 31.8 Å². The van der Waals surface area contributed by atoms with Crippen LogP contribution in [-0.2, 0) is 16.0 Å². The predicted octanol–water partition coefficient (Wildman–Crippen LogP) is 2.65. The molecule has 2 unspecified atom stereocenters. The lowest BCUT2D eigenvalue weighted by atomic mass is 9.74. The molecule has 0 aromatic heterocycles. The van der Waals surface area contributed by atoms with E-state index >= 15 is 0 Å². The first-order valence-corrected chi connectivity index (χ1v) is 7.25. The molecule has 0 amide bonds. The van der Waals surface area contributed by atoms with E-state index in [1.807, 2.05) is 0 Å². The molecule has 1 aliphatic heterocycles. The highest BCUT2D eigenvalue weighted by molar-refractivity contribution is 5.76. The Bertz CT molecular complexity index is 555. The summed E-state index contributed by atoms with van der Waals surface area (Å²) in [6.45, 7) is 0.430. The average Bonchev–Trinajstić information content (AvgIpc) is 3.22. The van der Waals surface area contributed by atoms with Gasteiger partial charge in [-0.2, -0.15) is 0 Å². The summed E-state index contributed by atoms with van der Waals surface area (Å²) >= 11 is 0. The summed E-state index contributed by atoms with van der Waals surface area (Å²) in [6.07, 6.45) is 2.27. The number of carboxylic acid groups (broad SMARTS) is 1. The van der Waals surface area contributed by atoms with E-state index < -0.39 is 17.2 Å². The van der Waals surface area contributed by atoms with Gasteiger partial charge in [0.05, 0.1) is 13.2 Å². The summed E-state index contributed by atoms with van der Waals surface area (Å²) in [7, 11) is 1.40. The van der Waals surface area contributed by atoms with Crippen molar-refractivity contribution in [2.24, 2.45) is 11.3 Å². The molecule has 2 aliphatic rings. The molecule has 1 aromatic carbocycles. The van der Waals surface area contributed by atoms with E-state index in [9.17, 15) is 14.3 Å². The van der Waals surface area contributed by atoms with Crippen LogP contribution in [0.5, 0.6) is 5.75 Å². The van der Waals surface area contributed by atoms with Crippen molar-refractivity contribution < 1.29 is 23.8 Å². The molecule has 21 heavy (non-hydrogen) atoms. The summed E-state index contributed by atoms with van der Waals surface area (Å²) in [5.41, 5.74) is -0.637. The quantitative estimate of drug-likeness (QED) is 0.907. The first-order chi connectivity index (χ1) is 10.1. The number of rotatable bonds is 5.